The van der Waals surface area contributed by atoms with Gasteiger partial charge in [0.05, 0.1) is 29.3 Å². The van der Waals surface area contributed by atoms with Gasteiger partial charge in [-0.15, -0.1) is 0 Å². The third-order valence-corrected chi connectivity index (χ3v) is 5.69. The Balaban J connectivity index is 1.91. The smallest absolute Gasteiger partial charge is 0.244 e. The molecule has 0 spiro atoms. The first-order valence-corrected chi connectivity index (χ1v) is 9.54. The molecule has 0 saturated heterocycles. The van der Waals surface area contributed by atoms with E-state index < -0.39 is 10.0 Å². The molecule has 2 aromatic heterocycles. The van der Waals surface area contributed by atoms with Crippen LogP contribution in [-0.4, -0.2) is 28.0 Å². The van der Waals surface area contributed by atoms with E-state index in [0.29, 0.717) is 17.9 Å². The van der Waals surface area contributed by atoms with E-state index in [1.54, 1.807) is 35.5 Å². The molecule has 0 aliphatic heterocycles. The quantitative estimate of drug-likeness (QED) is 0.731. The van der Waals surface area contributed by atoms with Gasteiger partial charge in [0, 0.05) is 12.7 Å². The highest BCUT2D eigenvalue weighted by atomic mass is 32.2. The lowest BCUT2D eigenvalue weighted by atomic mass is 10.3. The van der Waals surface area contributed by atoms with Crippen molar-refractivity contribution < 1.29 is 8.42 Å². The van der Waals surface area contributed by atoms with Crippen molar-refractivity contribution in [3.8, 4) is 5.69 Å². The summed E-state index contributed by atoms with van der Waals surface area (Å²) in [4.78, 5) is 0.221. The molecule has 0 atom stereocenters. The molecule has 3 rings (SSSR count). The highest BCUT2D eigenvalue weighted by Crippen LogP contribution is 2.22. The molecule has 1 aromatic carbocycles. The van der Waals surface area contributed by atoms with Crippen molar-refractivity contribution in [1.82, 2.24) is 24.3 Å². The van der Waals surface area contributed by atoms with Crippen molar-refractivity contribution in [2.45, 2.75) is 38.8 Å². The van der Waals surface area contributed by atoms with E-state index in [0.717, 1.165) is 11.4 Å². The number of hydrogen-bond acceptors (Lipinski definition) is 4. The second-order valence-electron chi connectivity index (χ2n) is 5.71. The minimum atomic E-state index is -3.68. The molecule has 25 heavy (non-hydrogen) atoms. The summed E-state index contributed by atoms with van der Waals surface area (Å²) < 4.78 is 31.7. The van der Waals surface area contributed by atoms with Crippen LogP contribution in [0.2, 0.25) is 0 Å². The number of hydrogen-bond donors (Lipinski definition) is 1. The van der Waals surface area contributed by atoms with Crippen molar-refractivity contribution in [1.29, 1.82) is 0 Å². The van der Waals surface area contributed by atoms with Gasteiger partial charge >= 0.3 is 0 Å². The van der Waals surface area contributed by atoms with Gasteiger partial charge in [0.15, 0.2) is 0 Å². The van der Waals surface area contributed by atoms with Crippen molar-refractivity contribution in [2.24, 2.45) is 0 Å². The minimum Gasteiger partial charge on any atom is -0.269 e. The summed E-state index contributed by atoms with van der Waals surface area (Å²) in [5.74, 6) is 0. The van der Waals surface area contributed by atoms with Crippen LogP contribution < -0.4 is 4.72 Å². The summed E-state index contributed by atoms with van der Waals surface area (Å²) in [5, 5.41) is 8.56. The SMILES string of the molecule is CCn1nccc1CNS(=O)(=O)c1c(C)nn(-c2ccccc2)c1C. The number of nitrogens with zero attached hydrogens (tertiary/aromatic N) is 4. The standard InChI is InChI=1S/C17H21N5O2S/c1-4-21-16(10-11-18-21)12-19-25(23,24)17-13(2)20-22(14(17)3)15-8-6-5-7-9-15/h5-11,19H,4,12H2,1-3H3. The Labute approximate surface area is 147 Å². The van der Waals surface area contributed by atoms with E-state index >= 15 is 0 Å². The molecule has 3 aromatic rings. The summed E-state index contributed by atoms with van der Waals surface area (Å²) in [7, 11) is -3.68. The fraction of sp³-hybridized carbons (Fsp3) is 0.294. The topological polar surface area (TPSA) is 81.8 Å². The first-order valence-electron chi connectivity index (χ1n) is 8.06. The number of benzene rings is 1. The zero-order valence-electron chi connectivity index (χ0n) is 14.5. The lowest BCUT2D eigenvalue weighted by Crippen LogP contribution is -2.25. The first kappa shape index (κ1) is 17.4. The van der Waals surface area contributed by atoms with Gasteiger partial charge in [0.25, 0.3) is 0 Å². The Morgan fingerprint density at radius 1 is 1.12 bits per heavy atom. The molecule has 0 fully saturated rings. The number of sulfonamides is 1. The van der Waals surface area contributed by atoms with E-state index in [2.05, 4.69) is 14.9 Å². The van der Waals surface area contributed by atoms with Crippen LogP contribution in [0.1, 0.15) is 24.0 Å². The minimum absolute atomic E-state index is 0.186. The Morgan fingerprint density at radius 3 is 2.52 bits per heavy atom. The molecule has 132 valence electrons. The highest BCUT2D eigenvalue weighted by molar-refractivity contribution is 7.89. The second-order valence-corrected chi connectivity index (χ2v) is 7.41. The average Bonchev–Trinajstić information content (AvgIpc) is 3.17. The maximum Gasteiger partial charge on any atom is 0.244 e. The molecule has 0 unspecified atom stereocenters. The van der Waals surface area contributed by atoms with Crippen molar-refractivity contribution >= 4 is 10.0 Å². The maximum absolute atomic E-state index is 12.8. The number of rotatable bonds is 6. The first-order chi connectivity index (χ1) is 11.9. The van der Waals surface area contributed by atoms with Crippen molar-refractivity contribution in [3.05, 3.63) is 59.7 Å². The highest BCUT2D eigenvalue weighted by Gasteiger charge is 2.25. The van der Waals surface area contributed by atoms with Crippen LogP contribution in [0.3, 0.4) is 0 Å². The number of aromatic nitrogens is 4. The van der Waals surface area contributed by atoms with Crippen LogP contribution in [0.5, 0.6) is 0 Å². The van der Waals surface area contributed by atoms with Gasteiger partial charge in [-0.05, 0) is 39.0 Å². The zero-order chi connectivity index (χ0) is 18.0. The van der Waals surface area contributed by atoms with E-state index in [1.807, 2.05) is 37.3 Å². The van der Waals surface area contributed by atoms with Crippen molar-refractivity contribution in [3.63, 3.8) is 0 Å². The Morgan fingerprint density at radius 2 is 1.84 bits per heavy atom. The van der Waals surface area contributed by atoms with Crippen LogP contribution in [0, 0.1) is 13.8 Å². The number of nitrogens with one attached hydrogen (secondary N) is 1. The van der Waals surface area contributed by atoms with Gasteiger partial charge in [-0.25, -0.2) is 17.8 Å². The Bertz CT molecular complexity index is 974. The van der Waals surface area contributed by atoms with E-state index in [-0.39, 0.29) is 11.4 Å². The molecule has 7 nitrogen and oxygen atoms in total. The van der Waals surface area contributed by atoms with E-state index in [9.17, 15) is 8.42 Å². The Kier molecular flexibility index (Phi) is 4.73. The summed E-state index contributed by atoms with van der Waals surface area (Å²) in [5.41, 5.74) is 2.70. The summed E-state index contributed by atoms with van der Waals surface area (Å²) in [6.45, 7) is 6.30. The molecule has 0 radical (unpaired) electrons. The van der Waals surface area contributed by atoms with Crippen LogP contribution in [0.4, 0.5) is 0 Å². The van der Waals surface area contributed by atoms with Gasteiger partial charge in [-0.1, -0.05) is 18.2 Å². The third kappa shape index (κ3) is 3.35. The summed E-state index contributed by atoms with van der Waals surface area (Å²) in [6.07, 6.45) is 1.66. The fourth-order valence-electron chi connectivity index (χ4n) is 2.87. The molecule has 2 heterocycles. The third-order valence-electron chi connectivity index (χ3n) is 4.04. The molecule has 8 heteroatoms. The van der Waals surface area contributed by atoms with Crippen LogP contribution in [0.25, 0.3) is 5.69 Å². The molecule has 0 bridgehead atoms. The van der Waals surface area contributed by atoms with Crippen LogP contribution >= 0.6 is 0 Å². The van der Waals surface area contributed by atoms with Gasteiger partial charge in [0.2, 0.25) is 10.0 Å². The van der Waals surface area contributed by atoms with E-state index in [4.69, 9.17) is 0 Å². The molecular formula is C17H21N5O2S. The molecule has 0 saturated carbocycles. The predicted molar refractivity (Wildman–Crippen MR) is 95.0 cm³/mol. The molecule has 1 N–H and O–H groups in total. The molecule has 0 aliphatic rings. The van der Waals surface area contributed by atoms with Crippen LogP contribution in [0.15, 0.2) is 47.5 Å². The number of aryl methyl sites for hydroxylation is 2. The van der Waals surface area contributed by atoms with Gasteiger partial charge < -0.3 is 0 Å². The monoisotopic (exact) mass is 359 g/mol. The molecule has 0 amide bonds. The molecule has 0 aliphatic carbocycles. The van der Waals surface area contributed by atoms with Gasteiger partial charge in [-0.3, -0.25) is 4.68 Å². The summed E-state index contributed by atoms with van der Waals surface area (Å²) in [6, 6.07) is 11.3. The molecular weight excluding hydrogens is 338 g/mol. The normalized spacial score (nSPS) is 11.8. The fourth-order valence-corrected chi connectivity index (χ4v) is 4.26. The predicted octanol–water partition coefficient (Wildman–Crippen LogP) is 2.18. The van der Waals surface area contributed by atoms with Gasteiger partial charge in [0.1, 0.15) is 4.90 Å². The number of para-hydroxylation sites is 1. The lowest BCUT2D eigenvalue weighted by Gasteiger charge is -2.09. The zero-order valence-corrected chi connectivity index (χ0v) is 15.3. The maximum atomic E-state index is 12.8. The second kappa shape index (κ2) is 6.81. The van der Waals surface area contributed by atoms with Gasteiger partial charge in [-0.2, -0.15) is 10.2 Å². The van der Waals surface area contributed by atoms with Crippen molar-refractivity contribution in [2.75, 3.05) is 0 Å². The lowest BCUT2D eigenvalue weighted by molar-refractivity contribution is 0.569. The van der Waals surface area contributed by atoms with Crippen LogP contribution in [-0.2, 0) is 23.1 Å². The average molecular weight is 359 g/mol. The van der Waals surface area contributed by atoms with E-state index in [1.165, 1.54) is 0 Å². The summed E-state index contributed by atoms with van der Waals surface area (Å²) >= 11 is 0. The largest absolute Gasteiger partial charge is 0.269 e. The Hall–Kier alpha value is -2.45.